The van der Waals surface area contributed by atoms with Crippen LogP contribution in [-0.2, 0) is 6.54 Å². The molecule has 0 radical (unpaired) electrons. The Bertz CT molecular complexity index is 666. The molecule has 112 valence electrons. The SMILES string of the molecule is COc1ccc(Br)cc1CN(C)C(=O)c1cc(C)sc1C. The summed E-state index contributed by atoms with van der Waals surface area (Å²) in [6.07, 6.45) is 0. The first kappa shape index (κ1) is 16.0. The lowest BCUT2D eigenvalue weighted by Crippen LogP contribution is -2.26. The molecule has 0 unspecified atom stereocenters. The van der Waals surface area contributed by atoms with E-state index in [9.17, 15) is 4.79 Å². The molecule has 0 aliphatic heterocycles. The molecule has 2 aromatic rings. The van der Waals surface area contributed by atoms with E-state index in [-0.39, 0.29) is 5.91 Å². The fourth-order valence-corrected chi connectivity index (χ4v) is 3.57. The van der Waals surface area contributed by atoms with Gasteiger partial charge in [0.05, 0.1) is 12.7 Å². The topological polar surface area (TPSA) is 29.5 Å². The molecule has 0 saturated carbocycles. The van der Waals surface area contributed by atoms with Crippen LogP contribution >= 0.6 is 27.3 Å². The van der Waals surface area contributed by atoms with E-state index in [0.717, 1.165) is 31.1 Å². The zero-order valence-electron chi connectivity index (χ0n) is 12.6. The minimum atomic E-state index is 0.0406. The summed E-state index contributed by atoms with van der Waals surface area (Å²) in [6, 6.07) is 7.76. The van der Waals surface area contributed by atoms with E-state index in [1.54, 1.807) is 23.3 Å². The number of amides is 1. The van der Waals surface area contributed by atoms with Gasteiger partial charge in [0.1, 0.15) is 5.75 Å². The molecule has 0 N–H and O–H groups in total. The Labute approximate surface area is 137 Å². The Balaban J connectivity index is 2.21. The third kappa shape index (κ3) is 3.66. The van der Waals surface area contributed by atoms with Gasteiger partial charge in [-0.15, -0.1) is 11.3 Å². The number of hydrogen-bond donors (Lipinski definition) is 0. The standard InChI is InChI=1S/C16H18BrNO2S/c1-10-7-14(11(2)21-10)16(19)18(3)9-12-8-13(17)5-6-15(12)20-4/h5-8H,9H2,1-4H3. The van der Waals surface area contributed by atoms with Crippen molar-refractivity contribution in [2.75, 3.05) is 14.2 Å². The van der Waals surface area contributed by atoms with Crippen LogP contribution in [0.1, 0.15) is 25.7 Å². The van der Waals surface area contributed by atoms with Crippen LogP contribution in [0.3, 0.4) is 0 Å². The van der Waals surface area contributed by atoms with Crippen molar-refractivity contribution in [1.82, 2.24) is 4.90 Å². The molecular formula is C16H18BrNO2S. The highest BCUT2D eigenvalue weighted by molar-refractivity contribution is 9.10. The lowest BCUT2D eigenvalue weighted by molar-refractivity contribution is 0.0784. The molecule has 1 aromatic heterocycles. The lowest BCUT2D eigenvalue weighted by Gasteiger charge is -2.19. The summed E-state index contributed by atoms with van der Waals surface area (Å²) in [5.41, 5.74) is 1.77. The molecule has 1 amide bonds. The van der Waals surface area contributed by atoms with Crippen molar-refractivity contribution in [3.8, 4) is 5.75 Å². The molecule has 0 aliphatic carbocycles. The summed E-state index contributed by atoms with van der Waals surface area (Å²) in [4.78, 5) is 16.5. The third-order valence-electron chi connectivity index (χ3n) is 3.27. The van der Waals surface area contributed by atoms with Gasteiger partial charge < -0.3 is 9.64 Å². The van der Waals surface area contributed by atoms with Crippen molar-refractivity contribution in [1.29, 1.82) is 0 Å². The van der Waals surface area contributed by atoms with Gasteiger partial charge >= 0.3 is 0 Å². The summed E-state index contributed by atoms with van der Waals surface area (Å²) >= 11 is 5.11. The number of carbonyl (C=O) groups excluding carboxylic acids is 1. The summed E-state index contributed by atoms with van der Waals surface area (Å²) in [6.45, 7) is 4.51. The minimum absolute atomic E-state index is 0.0406. The molecule has 5 heteroatoms. The van der Waals surface area contributed by atoms with Gasteiger partial charge in [0.2, 0.25) is 0 Å². The maximum Gasteiger partial charge on any atom is 0.255 e. The zero-order chi connectivity index (χ0) is 15.6. The molecule has 0 aliphatic rings. The van der Waals surface area contributed by atoms with Crippen molar-refractivity contribution < 1.29 is 9.53 Å². The van der Waals surface area contributed by atoms with Gasteiger partial charge in [-0.3, -0.25) is 4.79 Å². The van der Waals surface area contributed by atoms with Crippen LogP contribution in [0, 0.1) is 13.8 Å². The number of hydrogen-bond acceptors (Lipinski definition) is 3. The van der Waals surface area contributed by atoms with Gasteiger partial charge in [-0.25, -0.2) is 0 Å². The summed E-state index contributed by atoms with van der Waals surface area (Å²) in [7, 11) is 3.45. The number of thiophene rings is 1. The molecule has 1 heterocycles. The van der Waals surface area contributed by atoms with E-state index in [1.807, 2.05) is 45.2 Å². The molecule has 0 saturated heterocycles. The second kappa shape index (κ2) is 6.62. The number of methoxy groups -OCH3 is 1. The van der Waals surface area contributed by atoms with E-state index < -0.39 is 0 Å². The molecule has 21 heavy (non-hydrogen) atoms. The average molecular weight is 368 g/mol. The first-order chi connectivity index (χ1) is 9.92. The molecule has 0 bridgehead atoms. The quantitative estimate of drug-likeness (QED) is 0.800. The Morgan fingerprint density at radius 2 is 2.05 bits per heavy atom. The van der Waals surface area contributed by atoms with E-state index in [2.05, 4.69) is 15.9 Å². The fraction of sp³-hybridized carbons (Fsp3) is 0.312. The van der Waals surface area contributed by atoms with Crippen molar-refractivity contribution in [2.45, 2.75) is 20.4 Å². The van der Waals surface area contributed by atoms with Gasteiger partial charge in [0.25, 0.3) is 5.91 Å². The number of ether oxygens (including phenoxy) is 1. The van der Waals surface area contributed by atoms with Crippen LogP contribution in [0.5, 0.6) is 5.75 Å². The summed E-state index contributed by atoms with van der Waals surface area (Å²) in [5.74, 6) is 0.829. The Morgan fingerprint density at radius 1 is 1.33 bits per heavy atom. The number of rotatable bonds is 4. The van der Waals surface area contributed by atoms with Crippen molar-refractivity contribution in [2.24, 2.45) is 0 Å². The monoisotopic (exact) mass is 367 g/mol. The van der Waals surface area contributed by atoms with Gasteiger partial charge in [-0.1, -0.05) is 15.9 Å². The molecule has 2 rings (SSSR count). The van der Waals surface area contributed by atoms with Crippen molar-refractivity contribution in [3.63, 3.8) is 0 Å². The highest BCUT2D eigenvalue weighted by atomic mass is 79.9. The van der Waals surface area contributed by atoms with Gasteiger partial charge in [0, 0.05) is 33.4 Å². The number of aryl methyl sites for hydroxylation is 2. The zero-order valence-corrected chi connectivity index (χ0v) is 15.0. The van der Waals surface area contributed by atoms with Crippen LogP contribution in [0.4, 0.5) is 0 Å². The van der Waals surface area contributed by atoms with Crippen LogP contribution in [0.15, 0.2) is 28.7 Å². The molecular weight excluding hydrogens is 350 g/mol. The number of benzene rings is 1. The van der Waals surface area contributed by atoms with Gasteiger partial charge in [-0.2, -0.15) is 0 Å². The Morgan fingerprint density at radius 3 is 2.62 bits per heavy atom. The van der Waals surface area contributed by atoms with Crippen LogP contribution in [0.2, 0.25) is 0 Å². The average Bonchev–Trinajstić information content (AvgIpc) is 2.77. The van der Waals surface area contributed by atoms with Crippen molar-refractivity contribution >= 4 is 33.2 Å². The predicted molar refractivity (Wildman–Crippen MR) is 90.3 cm³/mol. The Kier molecular flexibility index (Phi) is 5.06. The molecule has 0 atom stereocenters. The highest BCUT2D eigenvalue weighted by Gasteiger charge is 2.17. The van der Waals surface area contributed by atoms with Gasteiger partial charge in [-0.05, 0) is 38.1 Å². The highest BCUT2D eigenvalue weighted by Crippen LogP contribution is 2.26. The van der Waals surface area contributed by atoms with Crippen LogP contribution < -0.4 is 4.74 Å². The summed E-state index contributed by atoms with van der Waals surface area (Å²) < 4.78 is 6.33. The number of carbonyl (C=O) groups is 1. The van der Waals surface area contributed by atoms with Crippen LogP contribution in [-0.4, -0.2) is 25.0 Å². The van der Waals surface area contributed by atoms with Crippen molar-refractivity contribution in [3.05, 3.63) is 49.6 Å². The first-order valence-corrected chi connectivity index (χ1v) is 8.18. The second-order valence-corrected chi connectivity index (χ2v) is 7.32. The van der Waals surface area contributed by atoms with E-state index in [1.165, 1.54) is 0 Å². The lowest BCUT2D eigenvalue weighted by atomic mass is 10.1. The maximum absolute atomic E-state index is 12.5. The normalized spacial score (nSPS) is 10.5. The minimum Gasteiger partial charge on any atom is -0.496 e. The Hall–Kier alpha value is -1.33. The second-order valence-electron chi connectivity index (χ2n) is 4.94. The molecule has 0 fully saturated rings. The van der Waals surface area contributed by atoms with E-state index in [0.29, 0.717) is 6.54 Å². The smallest absolute Gasteiger partial charge is 0.255 e. The van der Waals surface area contributed by atoms with Gasteiger partial charge in [0.15, 0.2) is 0 Å². The third-order valence-corrected chi connectivity index (χ3v) is 4.73. The molecule has 3 nitrogen and oxygen atoms in total. The molecule has 0 spiro atoms. The summed E-state index contributed by atoms with van der Waals surface area (Å²) in [5, 5.41) is 0. The number of nitrogens with zero attached hydrogens (tertiary/aromatic N) is 1. The molecule has 1 aromatic carbocycles. The van der Waals surface area contributed by atoms with Crippen LogP contribution in [0.25, 0.3) is 0 Å². The predicted octanol–water partition coefficient (Wildman–Crippen LogP) is 4.41. The largest absolute Gasteiger partial charge is 0.496 e. The van der Waals surface area contributed by atoms with E-state index in [4.69, 9.17) is 4.74 Å². The first-order valence-electron chi connectivity index (χ1n) is 6.57. The fourth-order valence-electron chi connectivity index (χ4n) is 2.25. The maximum atomic E-state index is 12.5. The number of halogens is 1. The van der Waals surface area contributed by atoms with E-state index >= 15 is 0 Å².